The Morgan fingerprint density at radius 2 is 2.09 bits per heavy atom. The topological polar surface area (TPSA) is 43.2 Å². The molecule has 2 atom stereocenters. The van der Waals surface area contributed by atoms with Crippen LogP contribution >= 0.6 is 0 Å². The highest BCUT2D eigenvalue weighted by molar-refractivity contribution is 6.06. The number of nitrogens with one attached hydrogen (secondary N) is 1. The highest BCUT2D eigenvalue weighted by Gasteiger charge is 2.56. The second-order valence-corrected chi connectivity index (χ2v) is 6.67. The summed E-state index contributed by atoms with van der Waals surface area (Å²) in [6, 6.07) is 7.87. The summed E-state index contributed by atoms with van der Waals surface area (Å²) in [5.41, 5.74) is 1.81. The van der Waals surface area contributed by atoms with Crippen LogP contribution in [-0.4, -0.2) is 38.9 Å². The van der Waals surface area contributed by atoms with Crippen LogP contribution in [0.15, 0.2) is 24.3 Å². The van der Waals surface area contributed by atoms with E-state index in [0.717, 1.165) is 30.3 Å². The summed E-state index contributed by atoms with van der Waals surface area (Å²) in [6.07, 6.45) is 2.53. The first-order valence-electron chi connectivity index (χ1n) is 8.24. The molecule has 1 N–H and O–H groups in total. The highest BCUT2D eigenvalue weighted by Crippen LogP contribution is 2.45. The van der Waals surface area contributed by atoms with E-state index in [-0.39, 0.29) is 5.91 Å². The van der Waals surface area contributed by atoms with Gasteiger partial charge in [-0.1, -0.05) is 25.1 Å². The number of piperidine rings is 1. The van der Waals surface area contributed by atoms with Gasteiger partial charge < -0.3 is 14.4 Å². The van der Waals surface area contributed by atoms with Crippen molar-refractivity contribution < 1.29 is 19.2 Å². The molecule has 0 bridgehead atoms. The van der Waals surface area contributed by atoms with Crippen LogP contribution in [0.25, 0.3) is 0 Å². The number of benzene rings is 1. The lowest BCUT2D eigenvalue weighted by molar-refractivity contribution is -0.907. The number of carbonyl (C=O) groups is 1. The van der Waals surface area contributed by atoms with Gasteiger partial charge in [0.25, 0.3) is 11.7 Å². The van der Waals surface area contributed by atoms with Gasteiger partial charge in [-0.25, -0.2) is 0 Å². The zero-order valence-electron chi connectivity index (χ0n) is 13.0. The summed E-state index contributed by atoms with van der Waals surface area (Å²) in [6.45, 7) is 6.20. The third-order valence-electron chi connectivity index (χ3n) is 5.02. The van der Waals surface area contributed by atoms with Gasteiger partial charge in [0.2, 0.25) is 0 Å². The molecule has 5 heteroatoms. The van der Waals surface area contributed by atoms with Crippen molar-refractivity contribution in [2.45, 2.75) is 25.6 Å². The first-order chi connectivity index (χ1) is 10.7. The van der Waals surface area contributed by atoms with Crippen molar-refractivity contribution >= 4 is 11.6 Å². The fourth-order valence-corrected chi connectivity index (χ4v) is 4.00. The summed E-state index contributed by atoms with van der Waals surface area (Å²) in [5, 5.41) is 0. The van der Waals surface area contributed by atoms with Crippen LogP contribution in [0.5, 0.6) is 0 Å². The molecule has 3 aliphatic heterocycles. The van der Waals surface area contributed by atoms with Gasteiger partial charge in [0, 0.05) is 11.5 Å². The lowest BCUT2D eigenvalue weighted by Crippen LogP contribution is -3.15. The molecule has 0 aromatic heterocycles. The predicted octanol–water partition coefficient (Wildman–Crippen LogP) is 0.505. The largest absolute Gasteiger partial charge is 0.336 e. The van der Waals surface area contributed by atoms with Crippen LogP contribution in [0.2, 0.25) is 0 Å². The molecule has 3 heterocycles. The monoisotopic (exact) mass is 303 g/mol. The summed E-state index contributed by atoms with van der Waals surface area (Å²) in [7, 11) is 0. The summed E-state index contributed by atoms with van der Waals surface area (Å²) < 4.78 is 11.5. The van der Waals surface area contributed by atoms with Crippen molar-refractivity contribution in [3.63, 3.8) is 0 Å². The maximum atomic E-state index is 13.0. The van der Waals surface area contributed by atoms with Crippen LogP contribution in [0.4, 0.5) is 5.69 Å². The molecule has 1 aromatic rings. The third-order valence-corrected chi connectivity index (χ3v) is 5.02. The van der Waals surface area contributed by atoms with E-state index >= 15 is 0 Å². The number of anilines is 1. The number of quaternary nitrogens is 1. The molecule has 2 fully saturated rings. The number of hydrogen-bond donors (Lipinski definition) is 1. The molecule has 4 rings (SSSR count). The number of fused-ring (bicyclic) bond motifs is 2. The van der Waals surface area contributed by atoms with Crippen LogP contribution in [0, 0.1) is 5.92 Å². The van der Waals surface area contributed by atoms with E-state index in [2.05, 4.69) is 6.92 Å². The zero-order valence-corrected chi connectivity index (χ0v) is 13.0. The number of rotatable bonds is 2. The van der Waals surface area contributed by atoms with Crippen LogP contribution in [-0.2, 0) is 20.1 Å². The molecule has 2 unspecified atom stereocenters. The lowest BCUT2D eigenvalue weighted by atomic mass is 10.0. The number of amides is 1. The van der Waals surface area contributed by atoms with Gasteiger partial charge in [-0.2, -0.15) is 0 Å². The third kappa shape index (κ3) is 2.07. The minimum atomic E-state index is -1.18. The molecule has 2 saturated heterocycles. The number of likely N-dealkylation sites (tertiary alicyclic amines) is 1. The Labute approximate surface area is 130 Å². The Hall–Kier alpha value is -1.43. The van der Waals surface area contributed by atoms with E-state index in [9.17, 15) is 4.79 Å². The quantitative estimate of drug-likeness (QED) is 0.865. The minimum Gasteiger partial charge on any atom is -0.336 e. The Morgan fingerprint density at radius 1 is 1.32 bits per heavy atom. The van der Waals surface area contributed by atoms with Gasteiger partial charge in [-0.05, 0) is 18.9 Å². The Bertz CT molecular complexity index is 583. The molecule has 0 radical (unpaired) electrons. The van der Waals surface area contributed by atoms with Crippen molar-refractivity contribution in [3.8, 4) is 0 Å². The normalized spacial score (nSPS) is 30.0. The first-order valence-corrected chi connectivity index (χ1v) is 8.24. The lowest BCUT2D eigenvalue weighted by Gasteiger charge is -2.31. The minimum absolute atomic E-state index is 0.0584. The molecular weight excluding hydrogens is 280 g/mol. The molecule has 3 aliphatic rings. The molecule has 118 valence electrons. The highest BCUT2D eigenvalue weighted by atomic mass is 16.7. The van der Waals surface area contributed by atoms with Crippen LogP contribution < -0.4 is 9.80 Å². The predicted molar refractivity (Wildman–Crippen MR) is 81.5 cm³/mol. The van der Waals surface area contributed by atoms with Crippen LogP contribution in [0.1, 0.15) is 25.3 Å². The Balaban J connectivity index is 1.64. The fraction of sp³-hybridized carbons (Fsp3) is 0.588. The van der Waals surface area contributed by atoms with Gasteiger partial charge >= 0.3 is 0 Å². The zero-order chi connectivity index (χ0) is 15.2. The van der Waals surface area contributed by atoms with Crippen molar-refractivity contribution in [3.05, 3.63) is 29.8 Å². The second kappa shape index (κ2) is 5.33. The van der Waals surface area contributed by atoms with Gasteiger partial charge in [-0.3, -0.25) is 9.69 Å². The summed E-state index contributed by atoms with van der Waals surface area (Å²) in [5.74, 6) is -0.515. The Morgan fingerprint density at radius 3 is 2.86 bits per heavy atom. The Kier molecular flexibility index (Phi) is 3.44. The number of carbonyl (C=O) groups excluding carboxylic acids is 1. The summed E-state index contributed by atoms with van der Waals surface area (Å²) >= 11 is 0. The van der Waals surface area contributed by atoms with Crippen molar-refractivity contribution in [1.82, 2.24) is 0 Å². The number of nitrogens with zero attached hydrogens (tertiary/aromatic N) is 1. The molecule has 5 nitrogen and oxygen atoms in total. The van der Waals surface area contributed by atoms with Crippen molar-refractivity contribution in [2.75, 3.05) is 37.9 Å². The summed E-state index contributed by atoms with van der Waals surface area (Å²) in [4.78, 5) is 16.3. The van der Waals surface area contributed by atoms with E-state index in [1.165, 1.54) is 17.7 Å². The molecule has 1 spiro atoms. The van der Waals surface area contributed by atoms with Gasteiger partial charge in [0.05, 0.1) is 32.0 Å². The van der Waals surface area contributed by atoms with E-state index < -0.39 is 5.79 Å². The molecule has 22 heavy (non-hydrogen) atoms. The number of ether oxygens (including phenoxy) is 2. The van der Waals surface area contributed by atoms with E-state index in [1.54, 1.807) is 0 Å². The van der Waals surface area contributed by atoms with Gasteiger partial charge in [0.15, 0.2) is 6.67 Å². The molecular formula is C17H23N2O3+. The smallest absolute Gasteiger partial charge is 0.296 e. The SMILES string of the molecule is CC1CCC[NH+](CN2C(=O)C3(OCCO3)c3ccccc32)C1. The molecule has 0 aliphatic carbocycles. The van der Waals surface area contributed by atoms with Crippen molar-refractivity contribution in [2.24, 2.45) is 5.92 Å². The van der Waals surface area contributed by atoms with E-state index in [4.69, 9.17) is 9.47 Å². The molecule has 0 saturated carbocycles. The maximum absolute atomic E-state index is 13.0. The first kappa shape index (κ1) is 14.2. The average Bonchev–Trinajstić information content (AvgIpc) is 3.10. The number of para-hydroxylation sites is 1. The number of hydrogen-bond acceptors (Lipinski definition) is 3. The average molecular weight is 303 g/mol. The maximum Gasteiger partial charge on any atom is 0.296 e. The van der Waals surface area contributed by atoms with E-state index in [1.807, 2.05) is 29.2 Å². The molecule has 1 aromatic carbocycles. The van der Waals surface area contributed by atoms with Crippen molar-refractivity contribution in [1.29, 1.82) is 0 Å². The van der Waals surface area contributed by atoms with Gasteiger partial charge in [-0.15, -0.1) is 0 Å². The standard InChI is InChI=1S/C17H22N2O3/c1-13-5-4-8-18(11-13)12-19-15-7-3-2-6-14(15)17(16(19)20)21-9-10-22-17/h2-3,6-7,13H,4-5,8-12H2,1H3/p+1. The van der Waals surface area contributed by atoms with E-state index in [0.29, 0.717) is 19.9 Å². The van der Waals surface area contributed by atoms with Gasteiger partial charge in [0.1, 0.15) is 0 Å². The van der Waals surface area contributed by atoms with Crippen LogP contribution in [0.3, 0.4) is 0 Å². The fourth-order valence-electron chi connectivity index (χ4n) is 4.00. The molecule has 1 amide bonds. The second-order valence-electron chi connectivity index (χ2n) is 6.67.